The minimum atomic E-state index is -3.31. The standard InChI is InChI=1S/C31H45N3O7S/c1-21-9-11-26(35)19-29(36)41-30(22(2)10-12-27(21)28-20-32(4)14-15-33(28)31(37)38)23(3)17-24-7-5-8-25(18-24)34-13-6-16-42(34,39)40/h5,7-8,10,12,17-18,21-22,26-28,30,35H,6,9,11,13-16,19-20H2,1-4H3,(H,37,38)/b12-10+,23-17+/t21-,22-,26+,27-,28?,30-/m0/s1. The van der Waals surface area contributed by atoms with Crippen molar-refractivity contribution in [3.8, 4) is 0 Å². The molecule has 10 nitrogen and oxygen atoms in total. The number of carbonyl (C=O) groups is 2. The van der Waals surface area contributed by atoms with Crippen LogP contribution in [0, 0.1) is 17.8 Å². The van der Waals surface area contributed by atoms with E-state index in [4.69, 9.17) is 4.74 Å². The summed E-state index contributed by atoms with van der Waals surface area (Å²) in [4.78, 5) is 28.7. The number of esters is 1. The Morgan fingerprint density at radius 3 is 2.57 bits per heavy atom. The zero-order chi connectivity index (χ0) is 30.6. The highest BCUT2D eigenvalue weighted by Gasteiger charge is 2.37. The zero-order valence-electron chi connectivity index (χ0n) is 25.1. The summed E-state index contributed by atoms with van der Waals surface area (Å²) in [5.41, 5.74) is 2.18. The topological polar surface area (TPSA) is 128 Å². The minimum absolute atomic E-state index is 0.0802. The Kier molecular flexibility index (Phi) is 10.4. The van der Waals surface area contributed by atoms with Gasteiger partial charge in [-0.25, -0.2) is 13.2 Å². The normalized spacial score (nSPS) is 32.5. The fourth-order valence-corrected chi connectivity index (χ4v) is 7.97. The molecule has 42 heavy (non-hydrogen) atoms. The monoisotopic (exact) mass is 603 g/mol. The molecule has 0 aliphatic carbocycles. The molecule has 0 radical (unpaired) electrons. The van der Waals surface area contributed by atoms with E-state index < -0.39 is 34.3 Å². The Morgan fingerprint density at radius 1 is 1.12 bits per heavy atom. The van der Waals surface area contributed by atoms with Crippen molar-refractivity contribution >= 4 is 33.8 Å². The van der Waals surface area contributed by atoms with E-state index in [1.807, 2.05) is 51.2 Å². The average Bonchev–Trinajstić information content (AvgIpc) is 3.28. The molecule has 1 aromatic carbocycles. The van der Waals surface area contributed by atoms with E-state index in [1.165, 1.54) is 9.21 Å². The predicted molar refractivity (Wildman–Crippen MR) is 163 cm³/mol. The Hall–Kier alpha value is -2.89. The highest BCUT2D eigenvalue weighted by Crippen LogP contribution is 2.32. The predicted octanol–water partition coefficient (Wildman–Crippen LogP) is 3.83. The van der Waals surface area contributed by atoms with E-state index in [9.17, 15) is 28.2 Å². The number of carboxylic acid groups (broad SMARTS) is 1. The van der Waals surface area contributed by atoms with E-state index in [1.54, 1.807) is 6.07 Å². The van der Waals surface area contributed by atoms with Crippen LogP contribution in [-0.2, 0) is 19.6 Å². The number of ether oxygens (including phenoxy) is 1. The summed E-state index contributed by atoms with van der Waals surface area (Å²) in [5, 5.41) is 20.6. The van der Waals surface area contributed by atoms with Crippen molar-refractivity contribution in [3.63, 3.8) is 0 Å². The number of carbonyl (C=O) groups excluding carboxylic acids is 1. The second-order valence-electron chi connectivity index (χ2n) is 12.2. The summed E-state index contributed by atoms with van der Waals surface area (Å²) in [7, 11) is -1.31. The average molecular weight is 604 g/mol. The van der Waals surface area contributed by atoms with Gasteiger partial charge in [-0.3, -0.25) is 9.10 Å². The number of anilines is 1. The fraction of sp³-hybridized carbons (Fsp3) is 0.613. The molecule has 2 N–H and O–H groups in total. The van der Waals surface area contributed by atoms with Crippen LogP contribution in [0.3, 0.4) is 0 Å². The maximum atomic E-state index is 12.9. The second kappa shape index (κ2) is 13.6. The summed E-state index contributed by atoms with van der Waals surface area (Å²) < 4.78 is 32.3. The van der Waals surface area contributed by atoms with E-state index in [0.29, 0.717) is 51.1 Å². The smallest absolute Gasteiger partial charge is 0.407 e. The molecule has 1 aromatic rings. The number of likely N-dealkylation sites (N-methyl/N-ethyl adjacent to an activating group) is 1. The first-order chi connectivity index (χ1) is 19.9. The molecule has 0 saturated carbocycles. The van der Waals surface area contributed by atoms with Crippen LogP contribution < -0.4 is 4.31 Å². The van der Waals surface area contributed by atoms with Gasteiger partial charge in [0, 0.05) is 38.0 Å². The summed E-state index contributed by atoms with van der Waals surface area (Å²) in [6, 6.07) is 7.07. The number of aliphatic hydroxyl groups is 1. The molecule has 1 amide bonds. The van der Waals surface area contributed by atoms with Crippen molar-refractivity contribution in [1.29, 1.82) is 0 Å². The molecular weight excluding hydrogens is 558 g/mol. The number of hydrogen-bond donors (Lipinski definition) is 2. The molecule has 2 saturated heterocycles. The molecule has 3 heterocycles. The van der Waals surface area contributed by atoms with Crippen molar-refractivity contribution in [3.05, 3.63) is 47.6 Å². The number of rotatable bonds is 4. The maximum Gasteiger partial charge on any atom is 0.407 e. The van der Waals surface area contributed by atoms with Crippen LogP contribution in [-0.4, -0.2) is 97.7 Å². The van der Waals surface area contributed by atoms with E-state index in [0.717, 1.165) is 11.1 Å². The molecule has 11 heteroatoms. The van der Waals surface area contributed by atoms with Crippen molar-refractivity contribution in [2.75, 3.05) is 43.3 Å². The number of benzene rings is 1. The van der Waals surface area contributed by atoms with Gasteiger partial charge in [-0.15, -0.1) is 0 Å². The van der Waals surface area contributed by atoms with Gasteiger partial charge in [-0.05, 0) is 62.4 Å². The van der Waals surface area contributed by atoms with Crippen LogP contribution in [0.15, 0.2) is 42.0 Å². The number of cyclic esters (lactones) is 1. The van der Waals surface area contributed by atoms with Gasteiger partial charge in [0.1, 0.15) is 6.10 Å². The number of amides is 1. The van der Waals surface area contributed by atoms with Crippen LogP contribution >= 0.6 is 0 Å². The molecule has 0 aromatic heterocycles. The summed E-state index contributed by atoms with van der Waals surface area (Å²) in [6.07, 6.45) is 5.14. The van der Waals surface area contributed by atoms with E-state index in [2.05, 4.69) is 17.9 Å². The molecule has 4 rings (SSSR count). The third-order valence-electron chi connectivity index (χ3n) is 8.80. The highest BCUT2D eigenvalue weighted by atomic mass is 32.2. The quantitative estimate of drug-likeness (QED) is 0.393. The number of piperazine rings is 1. The van der Waals surface area contributed by atoms with Gasteiger partial charge in [0.15, 0.2) is 0 Å². The molecule has 6 atom stereocenters. The molecule has 1 unspecified atom stereocenters. The molecular formula is C31H45N3O7S. The summed E-state index contributed by atoms with van der Waals surface area (Å²) in [5.74, 6) is -0.582. The van der Waals surface area contributed by atoms with Crippen molar-refractivity contribution in [1.82, 2.24) is 9.80 Å². The van der Waals surface area contributed by atoms with Crippen molar-refractivity contribution in [2.45, 2.75) is 64.7 Å². The van der Waals surface area contributed by atoms with Gasteiger partial charge in [0.25, 0.3) is 0 Å². The molecule has 232 valence electrons. The second-order valence-corrected chi connectivity index (χ2v) is 14.2. The maximum absolute atomic E-state index is 12.9. The molecule has 0 spiro atoms. The number of sulfonamides is 1. The van der Waals surface area contributed by atoms with Gasteiger partial charge >= 0.3 is 12.1 Å². The van der Waals surface area contributed by atoms with Gasteiger partial charge in [0.2, 0.25) is 10.0 Å². The first kappa shape index (κ1) is 32.0. The van der Waals surface area contributed by atoms with Gasteiger partial charge in [0.05, 0.1) is 30.0 Å². The minimum Gasteiger partial charge on any atom is -0.465 e. The fourth-order valence-electron chi connectivity index (χ4n) is 6.41. The summed E-state index contributed by atoms with van der Waals surface area (Å²) in [6.45, 7) is 8.11. The lowest BCUT2D eigenvalue weighted by molar-refractivity contribution is -0.151. The van der Waals surface area contributed by atoms with Gasteiger partial charge in [-0.2, -0.15) is 0 Å². The molecule has 2 fully saturated rings. The number of hydrogen-bond acceptors (Lipinski definition) is 7. The Labute approximate surface area is 249 Å². The van der Waals surface area contributed by atoms with Crippen LogP contribution in [0.4, 0.5) is 10.5 Å². The first-order valence-corrected chi connectivity index (χ1v) is 16.5. The van der Waals surface area contributed by atoms with E-state index in [-0.39, 0.29) is 36.0 Å². The highest BCUT2D eigenvalue weighted by molar-refractivity contribution is 7.93. The van der Waals surface area contributed by atoms with Crippen molar-refractivity contribution in [2.24, 2.45) is 17.8 Å². The van der Waals surface area contributed by atoms with Gasteiger partial charge < -0.3 is 24.7 Å². The van der Waals surface area contributed by atoms with Crippen LogP contribution in [0.5, 0.6) is 0 Å². The first-order valence-electron chi connectivity index (χ1n) is 14.9. The van der Waals surface area contributed by atoms with Crippen LogP contribution in [0.2, 0.25) is 0 Å². The number of aliphatic hydroxyl groups excluding tert-OH is 1. The third kappa shape index (κ3) is 7.73. The molecule has 0 bridgehead atoms. The molecule has 3 aliphatic heterocycles. The van der Waals surface area contributed by atoms with Crippen LogP contribution in [0.25, 0.3) is 6.08 Å². The Balaban J connectivity index is 1.65. The van der Waals surface area contributed by atoms with Crippen LogP contribution in [0.1, 0.15) is 52.0 Å². The zero-order valence-corrected chi connectivity index (χ0v) is 25.9. The van der Waals surface area contributed by atoms with E-state index >= 15 is 0 Å². The largest absolute Gasteiger partial charge is 0.465 e. The summed E-state index contributed by atoms with van der Waals surface area (Å²) >= 11 is 0. The lowest BCUT2D eigenvalue weighted by Crippen LogP contribution is -2.57. The Morgan fingerprint density at radius 2 is 1.88 bits per heavy atom. The Bertz CT molecular complexity index is 1300. The van der Waals surface area contributed by atoms with Crippen molar-refractivity contribution < 1.29 is 33.0 Å². The SMILES string of the molecule is C/C(=C\c1cccc(N2CCCS2(=O)=O)c1)[C@H]1OC(=O)C[C@H](O)CC[C@H](C)[C@@H](C2CN(C)CCN2C(=O)O)/C=C/[C@@H]1C. The third-order valence-corrected chi connectivity index (χ3v) is 10.7. The lowest BCUT2D eigenvalue weighted by atomic mass is 9.80. The molecule has 3 aliphatic rings. The lowest BCUT2D eigenvalue weighted by Gasteiger charge is -2.43. The number of nitrogens with zero attached hydrogens (tertiary/aromatic N) is 3. The van der Waals surface area contributed by atoms with Gasteiger partial charge in [-0.1, -0.05) is 44.2 Å².